The number of nitrogens with one attached hydrogen (secondary N) is 2. The molecule has 2 heterocycles. The summed E-state index contributed by atoms with van der Waals surface area (Å²) >= 11 is 0. The van der Waals surface area contributed by atoms with Gasteiger partial charge >= 0.3 is 5.91 Å². The Kier molecular flexibility index (Phi) is 4.19. The standard InChI is InChI=1S/C20H18N2O5/c1-11-6-5-7-13-12(2)18(27-17(11)13)20(24)22-21-19(23)16-10-25-14-8-3-4-9-15(14)26-16/h3-9,16H,10H2,1-2H3,(H,21,23)(H,22,24). The molecule has 0 saturated heterocycles. The number of hydrogen-bond acceptors (Lipinski definition) is 5. The topological polar surface area (TPSA) is 89.8 Å². The molecule has 0 saturated carbocycles. The van der Waals surface area contributed by atoms with Crippen molar-refractivity contribution in [2.24, 2.45) is 0 Å². The average Bonchev–Trinajstić information content (AvgIpc) is 3.03. The van der Waals surface area contributed by atoms with Crippen LogP contribution in [-0.4, -0.2) is 24.5 Å². The molecular formula is C20H18N2O5. The minimum absolute atomic E-state index is 0.0571. The van der Waals surface area contributed by atoms with Gasteiger partial charge in [-0.25, -0.2) is 0 Å². The van der Waals surface area contributed by atoms with Crippen LogP contribution in [0, 0.1) is 13.8 Å². The first-order valence-electron chi connectivity index (χ1n) is 8.52. The Labute approximate surface area is 155 Å². The molecule has 1 aliphatic rings. The molecule has 1 aromatic heterocycles. The number of carbonyl (C=O) groups is 2. The maximum atomic E-state index is 12.4. The summed E-state index contributed by atoms with van der Waals surface area (Å²) in [5.74, 6) is 0.180. The molecule has 1 aliphatic heterocycles. The SMILES string of the molecule is Cc1c(C(=O)NNC(=O)C2COc3ccccc3O2)oc2c(C)cccc12. The van der Waals surface area contributed by atoms with Crippen LogP contribution in [0.5, 0.6) is 11.5 Å². The maximum Gasteiger partial charge on any atom is 0.305 e. The summed E-state index contributed by atoms with van der Waals surface area (Å²) in [7, 11) is 0. The lowest BCUT2D eigenvalue weighted by Crippen LogP contribution is -2.50. The summed E-state index contributed by atoms with van der Waals surface area (Å²) in [5.41, 5.74) is 7.05. The van der Waals surface area contributed by atoms with Crippen molar-refractivity contribution in [3.63, 3.8) is 0 Å². The van der Waals surface area contributed by atoms with Gasteiger partial charge in [0.25, 0.3) is 5.91 Å². The largest absolute Gasteiger partial charge is 0.485 e. The molecule has 0 bridgehead atoms. The Hall–Kier alpha value is -3.48. The van der Waals surface area contributed by atoms with Crippen molar-refractivity contribution >= 4 is 22.8 Å². The Bertz CT molecular complexity index is 1040. The number of furan rings is 1. The summed E-state index contributed by atoms with van der Waals surface area (Å²) in [6.07, 6.45) is -0.862. The molecule has 1 atom stereocenters. The Morgan fingerprint density at radius 2 is 1.78 bits per heavy atom. The van der Waals surface area contributed by atoms with Gasteiger partial charge in [-0.2, -0.15) is 0 Å². The molecule has 4 rings (SSSR count). The van der Waals surface area contributed by atoms with Crippen molar-refractivity contribution in [2.45, 2.75) is 20.0 Å². The lowest BCUT2D eigenvalue weighted by atomic mass is 10.1. The number of rotatable bonds is 2. The van der Waals surface area contributed by atoms with Gasteiger partial charge in [0.15, 0.2) is 17.3 Å². The fraction of sp³-hybridized carbons (Fsp3) is 0.200. The lowest BCUT2D eigenvalue weighted by molar-refractivity contribution is -0.131. The van der Waals surface area contributed by atoms with Crippen molar-refractivity contribution in [3.8, 4) is 11.5 Å². The van der Waals surface area contributed by atoms with Crippen molar-refractivity contribution in [1.82, 2.24) is 10.9 Å². The molecule has 2 N–H and O–H groups in total. The third-order valence-electron chi connectivity index (χ3n) is 4.47. The zero-order valence-corrected chi connectivity index (χ0v) is 14.9. The first-order valence-corrected chi connectivity index (χ1v) is 8.52. The molecule has 1 unspecified atom stereocenters. The molecule has 7 heteroatoms. The summed E-state index contributed by atoms with van der Waals surface area (Å²) < 4.78 is 16.8. The van der Waals surface area contributed by atoms with Crippen molar-refractivity contribution in [1.29, 1.82) is 0 Å². The van der Waals surface area contributed by atoms with E-state index in [1.807, 2.05) is 31.2 Å². The third kappa shape index (κ3) is 3.08. The smallest absolute Gasteiger partial charge is 0.305 e. The average molecular weight is 366 g/mol. The van der Waals surface area contributed by atoms with Crippen molar-refractivity contribution in [3.05, 3.63) is 59.4 Å². The summed E-state index contributed by atoms with van der Waals surface area (Å²) in [5, 5.41) is 0.868. The van der Waals surface area contributed by atoms with Gasteiger partial charge in [-0.05, 0) is 31.5 Å². The Balaban J connectivity index is 1.43. The number of amides is 2. The first-order chi connectivity index (χ1) is 13.0. The second kappa shape index (κ2) is 6.68. The van der Waals surface area contributed by atoms with Crippen LogP contribution in [0.1, 0.15) is 21.7 Å². The number of para-hydroxylation sites is 3. The van der Waals surface area contributed by atoms with Crippen LogP contribution in [0.3, 0.4) is 0 Å². The zero-order chi connectivity index (χ0) is 19.0. The van der Waals surface area contributed by atoms with Gasteiger partial charge in [0.1, 0.15) is 12.2 Å². The molecule has 3 aromatic rings. The highest BCUT2D eigenvalue weighted by Crippen LogP contribution is 2.31. The molecule has 0 spiro atoms. The van der Waals surface area contributed by atoms with Gasteiger partial charge in [-0.3, -0.25) is 20.4 Å². The number of hydrazine groups is 1. The summed E-state index contributed by atoms with van der Waals surface area (Å²) in [6, 6.07) is 12.8. The minimum atomic E-state index is -0.862. The molecule has 2 aromatic carbocycles. The quantitative estimate of drug-likeness (QED) is 0.681. The van der Waals surface area contributed by atoms with E-state index in [0.29, 0.717) is 22.6 Å². The second-order valence-corrected chi connectivity index (χ2v) is 6.32. The van der Waals surface area contributed by atoms with Crippen LogP contribution >= 0.6 is 0 Å². The molecule has 0 fully saturated rings. The highest BCUT2D eigenvalue weighted by molar-refractivity contribution is 6.00. The van der Waals surface area contributed by atoms with Crippen LogP contribution < -0.4 is 20.3 Å². The van der Waals surface area contributed by atoms with Gasteiger partial charge in [0.05, 0.1) is 0 Å². The molecule has 138 valence electrons. The molecule has 27 heavy (non-hydrogen) atoms. The normalized spacial score (nSPS) is 15.4. The van der Waals surface area contributed by atoms with E-state index < -0.39 is 17.9 Å². The van der Waals surface area contributed by atoms with Crippen LogP contribution in [0.4, 0.5) is 0 Å². The van der Waals surface area contributed by atoms with Crippen molar-refractivity contribution < 1.29 is 23.5 Å². The van der Waals surface area contributed by atoms with Crippen LogP contribution in [0.25, 0.3) is 11.0 Å². The fourth-order valence-corrected chi connectivity index (χ4v) is 3.01. The van der Waals surface area contributed by atoms with Crippen LogP contribution in [-0.2, 0) is 4.79 Å². The van der Waals surface area contributed by atoms with E-state index >= 15 is 0 Å². The molecule has 2 amide bonds. The van der Waals surface area contributed by atoms with E-state index in [-0.39, 0.29) is 12.4 Å². The molecule has 7 nitrogen and oxygen atoms in total. The first kappa shape index (κ1) is 17.0. The van der Waals surface area contributed by atoms with Crippen LogP contribution in [0.2, 0.25) is 0 Å². The molecule has 0 radical (unpaired) electrons. The number of aryl methyl sites for hydroxylation is 2. The monoisotopic (exact) mass is 366 g/mol. The predicted octanol–water partition coefficient (Wildman–Crippen LogP) is 2.65. The summed E-state index contributed by atoms with van der Waals surface area (Å²) in [6.45, 7) is 3.77. The maximum absolute atomic E-state index is 12.4. The van der Waals surface area contributed by atoms with E-state index in [1.54, 1.807) is 25.1 Å². The van der Waals surface area contributed by atoms with E-state index in [0.717, 1.165) is 10.9 Å². The number of carbonyl (C=O) groups excluding carboxylic acids is 2. The number of fused-ring (bicyclic) bond motifs is 2. The third-order valence-corrected chi connectivity index (χ3v) is 4.47. The van der Waals surface area contributed by atoms with E-state index in [9.17, 15) is 9.59 Å². The van der Waals surface area contributed by atoms with Gasteiger partial charge in [0, 0.05) is 10.9 Å². The lowest BCUT2D eigenvalue weighted by Gasteiger charge is -2.25. The van der Waals surface area contributed by atoms with Crippen LogP contribution in [0.15, 0.2) is 46.9 Å². The van der Waals surface area contributed by atoms with Gasteiger partial charge < -0.3 is 13.9 Å². The Morgan fingerprint density at radius 1 is 1.00 bits per heavy atom. The highest BCUT2D eigenvalue weighted by atomic mass is 16.6. The van der Waals surface area contributed by atoms with E-state index in [4.69, 9.17) is 13.9 Å². The van der Waals surface area contributed by atoms with E-state index in [2.05, 4.69) is 10.9 Å². The summed E-state index contributed by atoms with van der Waals surface area (Å²) in [4.78, 5) is 24.7. The number of benzene rings is 2. The van der Waals surface area contributed by atoms with Gasteiger partial charge in [0.2, 0.25) is 6.10 Å². The van der Waals surface area contributed by atoms with Gasteiger partial charge in [-0.1, -0.05) is 30.3 Å². The molecule has 0 aliphatic carbocycles. The van der Waals surface area contributed by atoms with E-state index in [1.165, 1.54) is 0 Å². The zero-order valence-electron chi connectivity index (χ0n) is 14.9. The second-order valence-electron chi connectivity index (χ2n) is 6.32. The Morgan fingerprint density at radius 3 is 2.56 bits per heavy atom. The fourth-order valence-electron chi connectivity index (χ4n) is 3.01. The number of hydrogen-bond donors (Lipinski definition) is 2. The minimum Gasteiger partial charge on any atom is -0.485 e. The molecular weight excluding hydrogens is 348 g/mol. The van der Waals surface area contributed by atoms with Crippen molar-refractivity contribution in [2.75, 3.05) is 6.61 Å². The highest BCUT2D eigenvalue weighted by Gasteiger charge is 2.28. The number of ether oxygens (including phenoxy) is 2. The predicted molar refractivity (Wildman–Crippen MR) is 97.6 cm³/mol. The van der Waals surface area contributed by atoms with Gasteiger partial charge in [-0.15, -0.1) is 0 Å².